The van der Waals surface area contributed by atoms with Crippen LogP contribution in [0.1, 0.15) is 108 Å². The van der Waals surface area contributed by atoms with Gasteiger partial charge in [0.25, 0.3) is 0 Å². The molecular weight excluding hydrogens is 472 g/mol. The summed E-state index contributed by atoms with van der Waals surface area (Å²) in [6.45, 7) is 15.3. The van der Waals surface area contributed by atoms with Gasteiger partial charge in [-0.05, 0) is 95.2 Å². The van der Waals surface area contributed by atoms with Crippen LogP contribution in [-0.4, -0.2) is 8.07 Å². The number of benzene rings is 2. The van der Waals surface area contributed by atoms with Crippen LogP contribution < -0.4 is 0 Å². The second-order valence-corrected chi connectivity index (χ2v) is 19.5. The van der Waals surface area contributed by atoms with E-state index in [0.717, 1.165) is 58.4 Å². The van der Waals surface area contributed by atoms with Gasteiger partial charge >= 0.3 is 0 Å². The molecule has 4 saturated carbocycles. The fourth-order valence-corrected chi connectivity index (χ4v) is 17.9. The first-order chi connectivity index (χ1) is 18.4. The molecule has 0 N–H and O–H groups in total. The van der Waals surface area contributed by atoms with Gasteiger partial charge in [-0.1, -0.05) is 134 Å². The van der Waals surface area contributed by atoms with Crippen LogP contribution in [0, 0.1) is 35.5 Å². The number of rotatable bonds is 4. The van der Waals surface area contributed by atoms with Crippen LogP contribution in [0.4, 0.5) is 0 Å². The molecule has 0 saturated heterocycles. The second-order valence-electron chi connectivity index (χ2n) is 14.6. The van der Waals surface area contributed by atoms with Crippen LogP contribution in [0.25, 0.3) is 0 Å². The first kappa shape index (κ1) is 28.2. The lowest BCUT2D eigenvalue weighted by atomic mass is 9.71. The smallest absolute Gasteiger partial charge is 0.0546 e. The third kappa shape index (κ3) is 5.23. The van der Waals surface area contributed by atoms with E-state index in [1.165, 1.54) is 57.8 Å². The van der Waals surface area contributed by atoms with Crippen molar-refractivity contribution in [3.8, 4) is 0 Å². The van der Waals surface area contributed by atoms with Crippen molar-refractivity contribution in [1.82, 2.24) is 0 Å². The topological polar surface area (TPSA) is 0 Å². The van der Waals surface area contributed by atoms with E-state index in [1.807, 2.05) is 0 Å². The molecule has 0 heterocycles. The van der Waals surface area contributed by atoms with Crippen LogP contribution in [-0.2, 0) is 0 Å². The predicted octanol–water partition coefficient (Wildman–Crippen LogP) is 11.3. The number of fused-ring (bicyclic) bond motifs is 2. The van der Waals surface area contributed by atoms with Gasteiger partial charge in [-0.25, -0.2) is 0 Å². The third-order valence-electron chi connectivity index (χ3n) is 11.8. The zero-order chi connectivity index (χ0) is 26.9. The van der Waals surface area contributed by atoms with E-state index in [0.29, 0.717) is 0 Å². The van der Waals surface area contributed by atoms with Crippen molar-refractivity contribution in [2.45, 2.75) is 121 Å². The Morgan fingerprint density at radius 1 is 0.579 bits per heavy atom. The number of hydrogen-bond acceptors (Lipinski definition) is 0. The van der Waals surface area contributed by atoms with Gasteiger partial charge in [-0.3, -0.25) is 0 Å². The largest absolute Gasteiger partial charge is 0.0689 e. The van der Waals surface area contributed by atoms with Crippen molar-refractivity contribution in [2.24, 2.45) is 35.5 Å². The predicted molar refractivity (Wildman–Crippen MR) is 169 cm³/mol. The third-order valence-corrected chi connectivity index (χ3v) is 17.3. The lowest BCUT2D eigenvalue weighted by Gasteiger charge is -2.49. The molecule has 38 heavy (non-hydrogen) atoms. The molecule has 0 spiro atoms. The van der Waals surface area contributed by atoms with Crippen molar-refractivity contribution < 1.29 is 0 Å². The summed E-state index contributed by atoms with van der Waals surface area (Å²) < 4.78 is 0. The lowest BCUT2D eigenvalue weighted by Crippen LogP contribution is -2.47. The standard InChI is InChI=1S/C34H48Si.C3H8/c1-23-21-31-27(25-13-7-5-8-14-25)17-11-19-29(31)33(23)35(3,4)34-24(2)22-32-28(18-12-20-30(32)34)26-15-9-6-10-16-26;1-3-2/h5-10,13-16,23-24,27-34H,11-12,17-22H2,1-4H3;3H2,1-2H3. The Morgan fingerprint density at radius 2 is 0.947 bits per heavy atom. The van der Waals surface area contributed by atoms with Gasteiger partial charge in [-0.15, -0.1) is 0 Å². The molecule has 0 amide bonds. The van der Waals surface area contributed by atoms with E-state index < -0.39 is 8.07 Å². The fraction of sp³-hybridized carbons (Fsp3) is 0.676. The van der Waals surface area contributed by atoms with Gasteiger partial charge in [0, 0.05) is 0 Å². The second kappa shape index (κ2) is 12.0. The zero-order valence-electron chi connectivity index (χ0n) is 25.4. The Balaban J connectivity index is 0.000000937. The maximum absolute atomic E-state index is 2.87. The van der Waals surface area contributed by atoms with Gasteiger partial charge in [0.15, 0.2) is 0 Å². The van der Waals surface area contributed by atoms with E-state index in [4.69, 9.17) is 0 Å². The lowest BCUT2D eigenvalue weighted by molar-refractivity contribution is 0.226. The highest BCUT2D eigenvalue weighted by molar-refractivity contribution is 6.80. The van der Waals surface area contributed by atoms with Crippen molar-refractivity contribution in [3.05, 3.63) is 71.8 Å². The minimum absolute atomic E-state index is 0.818. The van der Waals surface area contributed by atoms with Crippen LogP contribution in [0.5, 0.6) is 0 Å². The molecule has 10 unspecified atom stereocenters. The van der Waals surface area contributed by atoms with Gasteiger partial charge in [0.05, 0.1) is 8.07 Å². The summed E-state index contributed by atoms with van der Waals surface area (Å²) in [5.74, 6) is 7.35. The summed E-state index contributed by atoms with van der Waals surface area (Å²) in [4.78, 5) is 0. The summed E-state index contributed by atoms with van der Waals surface area (Å²) >= 11 is 0. The highest BCUT2D eigenvalue weighted by Gasteiger charge is 2.59. The summed E-state index contributed by atoms with van der Waals surface area (Å²) in [6, 6.07) is 23.2. The van der Waals surface area contributed by atoms with E-state index in [1.54, 1.807) is 11.1 Å². The molecule has 6 rings (SSSR count). The average Bonchev–Trinajstić information content (AvgIpc) is 3.46. The van der Waals surface area contributed by atoms with Crippen LogP contribution in [0.3, 0.4) is 0 Å². The molecule has 4 aliphatic rings. The molecule has 0 radical (unpaired) electrons. The molecular formula is C37H56Si. The molecule has 208 valence electrons. The number of hydrogen-bond donors (Lipinski definition) is 0. The van der Waals surface area contributed by atoms with Crippen molar-refractivity contribution in [1.29, 1.82) is 0 Å². The van der Waals surface area contributed by atoms with E-state index in [2.05, 4.69) is 101 Å². The molecule has 2 aromatic rings. The highest BCUT2D eigenvalue weighted by atomic mass is 28.3. The maximum Gasteiger partial charge on any atom is 0.0546 e. The zero-order valence-corrected chi connectivity index (χ0v) is 26.4. The normalized spacial score (nSPS) is 38.6. The first-order valence-electron chi connectivity index (χ1n) is 16.5. The van der Waals surface area contributed by atoms with E-state index in [-0.39, 0.29) is 0 Å². The maximum atomic E-state index is 2.87. The Hall–Kier alpha value is -1.34. The first-order valence-corrected chi connectivity index (χ1v) is 19.6. The van der Waals surface area contributed by atoms with Crippen LogP contribution >= 0.6 is 0 Å². The van der Waals surface area contributed by atoms with Crippen molar-refractivity contribution in [3.63, 3.8) is 0 Å². The Bertz CT molecular complexity index is 916. The Kier molecular flexibility index (Phi) is 8.93. The summed E-state index contributed by atoms with van der Waals surface area (Å²) in [7, 11) is -1.44. The minimum atomic E-state index is -1.44. The average molecular weight is 529 g/mol. The fourth-order valence-electron chi connectivity index (χ4n) is 11.2. The van der Waals surface area contributed by atoms with Crippen molar-refractivity contribution in [2.75, 3.05) is 0 Å². The minimum Gasteiger partial charge on any atom is -0.0689 e. The summed E-state index contributed by atoms with van der Waals surface area (Å²) in [5, 5.41) is 0. The SMILES string of the molecule is CC1CC2C(c3ccccc3)CCCC2C1[Si](C)(C)C1C(C)CC2C(c3ccccc3)CCCC21.CCC. The van der Waals surface area contributed by atoms with E-state index in [9.17, 15) is 0 Å². The molecule has 1 heteroatoms. The van der Waals surface area contributed by atoms with Gasteiger partial charge in [0.1, 0.15) is 0 Å². The van der Waals surface area contributed by atoms with Crippen LogP contribution in [0.15, 0.2) is 60.7 Å². The van der Waals surface area contributed by atoms with Crippen molar-refractivity contribution >= 4 is 8.07 Å². The van der Waals surface area contributed by atoms with E-state index >= 15 is 0 Å². The summed E-state index contributed by atoms with van der Waals surface area (Å²) in [5.41, 5.74) is 5.34. The molecule has 0 bridgehead atoms. The molecule has 0 aliphatic heterocycles. The quantitative estimate of drug-likeness (QED) is 0.346. The summed E-state index contributed by atoms with van der Waals surface area (Å²) in [6.07, 6.45) is 13.0. The van der Waals surface area contributed by atoms with Gasteiger partial charge in [-0.2, -0.15) is 0 Å². The molecule has 2 aromatic carbocycles. The molecule has 0 aromatic heterocycles. The monoisotopic (exact) mass is 528 g/mol. The van der Waals surface area contributed by atoms with Crippen LogP contribution in [0.2, 0.25) is 24.2 Å². The van der Waals surface area contributed by atoms with Gasteiger partial charge < -0.3 is 0 Å². The highest BCUT2D eigenvalue weighted by Crippen LogP contribution is 2.67. The Labute approximate surface area is 236 Å². The molecule has 0 nitrogen and oxygen atoms in total. The molecule has 4 fully saturated rings. The molecule has 10 atom stereocenters. The molecule has 4 aliphatic carbocycles. The van der Waals surface area contributed by atoms with Gasteiger partial charge in [0.2, 0.25) is 0 Å². The Morgan fingerprint density at radius 3 is 1.32 bits per heavy atom.